The fourth-order valence-corrected chi connectivity index (χ4v) is 2.11. The van der Waals surface area contributed by atoms with E-state index in [2.05, 4.69) is 5.32 Å². The fourth-order valence-electron chi connectivity index (χ4n) is 2.11. The number of methoxy groups -OCH3 is 2. The summed E-state index contributed by atoms with van der Waals surface area (Å²) >= 11 is 0. The summed E-state index contributed by atoms with van der Waals surface area (Å²) in [4.78, 5) is 12.1. The predicted octanol–water partition coefficient (Wildman–Crippen LogP) is 3.34. The van der Waals surface area contributed by atoms with Crippen molar-refractivity contribution in [3.63, 3.8) is 0 Å². The predicted molar refractivity (Wildman–Crippen MR) is 89.6 cm³/mol. The maximum absolute atomic E-state index is 12.1. The Morgan fingerprint density at radius 1 is 1.00 bits per heavy atom. The number of para-hydroxylation sites is 1. The van der Waals surface area contributed by atoms with Gasteiger partial charge in [0.2, 0.25) is 5.75 Å². The molecule has 0 saturated heterocycles. The molecule has 2 aromatic rings. The summed E-state index contributed by atoms with van der Waals surface area (Å²) in [7, 11) is 3.08. The first-order valence-corrected chi connectivity index (χ1v) is 7.26. The van der Waals surface area contributed by atoms with Crippen LogP contribution in [0.4, 0.5) is 5.69 Å². The van der Waals surface area contributed by atoms with E-state index in [1.807, 2.05) is 32.0 Å². The summed E-state index contributed by atoms with van der Waals surface area (Å²) in [6.07, 6.45) is 0. The monoisotopic (exact) mass is 315 g/mol. The van der Waals surface area contributed by atoms with Crippen LogP contribution in [0.5, 0.6) is 17.2 Å². The number of carbonyl (C=O) groups is 1. The highest BCUT2D eigenvalue weighted by atomic mass is 16.5. The van der Waals surface area contributed by atoms with Gasteiger partial charge in [0.25, 0.3) is 5.91 Å². The molecule has 0 radical (unpaired) electrons. The van der Waals surface area contributed by atoms with Gasteiger partial charge in [-0.2, -0.15) is 0 Å². The Morgan fingerprint density at radius 2 is 1.65 bits per heavy atom. The van der Waals surface area contributed by atoms with Crippen LogP contribution in [0.1, 0.15) is 11.1 Å². The minimum Gasteiger partial charge on any atom is -0.493 e. The number of hydrogen-bond acceptors (Lipinski definition) is 4. The largest absolute Gasteiger partial charge is 0.493 e. The van der Waals surface area contributed by atoms with Gasteiger partial charge < -0.3 is 19.5 Å². The highest BCUT2D eigenvalue weighted by Crippen LogP contribution is 2.36. The topological polar surface area (TPSA) is 56.8 Å². The van der Waals surface area contributed by atoms with Crippen molar-refractivity contribution in [3.8, 4) is 17.2 Å². The molecule has 23 heavy (non-hydrogen) atoms. The molecule has 0 spiro atoms. The van der Waals surface area contributed by atoms with Crippen LogP contribution in [-0.2, 0) is 4.79 Å². The normalized spacial score (nSPS) is 10.1. The molecule has 2 aromatic carbocycles. The Balaban J connectivity index is 2.03. The summed E-state index contributed by atoms with van der Waals surface area (Å²) in [6.45, 7) is 3.89. The molecule has 122 valence electrons. The Hall–Kier alpha value is -2.69. The van der Waals surface area contributed by atoms with Crippen molar-refractivity contribution in [1.29, 1.82) is 0 Å². The van der Waals surface area contributed by atoms with Crippen molar-refractivity contribution in [2.75, 3.05) is 26.1 Å². The maximum Gasteiger partial charge on any atom is 0.262 e. The number of aryl methyl sites for hydroxylation is 2. The molecule has 0 aliphatic carbocycles. The Labute approximate surface area is 136 Å². The van der Waals surface area contributed by atoms with Gasteiger partial charge in [-0.05, 0) is 49.2 Å². The zero-order valence-corrected chi connectivity index (χ0v) is 13.8. The third kappa shape index (κ3) is 4.16. The molecule has 0 atom stereocenters. The maximum atomic E-state index is 12.1. The van der Waals surface area contributed by atoms with E-state index in [-0.39, 0.29) is 12.5 Å². The van der Waals surface area contributed by atoms with E-state index in [1.54, 1.807) is 18.2 Å². The molecule has 0 aromatic heterocycles. The van der Waals surface area contributed by atoms with Crippen LogP contribution >= 0.6 is 0 Å². The lowest BCUT2D eigenvalue weighted by Crippen LogP contribution is -2.20. The van der Waals surface area contributed by atoms with Gasteiger partial charge in [0.05, 0.1) is 14.2 Å². The quantitative estimate of drug-likeness (QED) is 0.888. The van der Waals surface area contributed by atoms with Crippen molar-refractivity contribution in [1.82, 2.24) is 0 Å². The second-order valence-electron chi connectivity index (χ2n) is 5.13. The van der Waals surface area contributed by atoms with E-state index in [0.29, 0.717) is 17.2 Å². The van der Waals surface area contributed by atoms with Crippen LogP contribution in [0.15, 0.2) is 36.4 Å². The smallest absolute Gasteiger partial charge is 0.262 e. The van der Waals surface area contributed by atoms with E-state index in [1.165, 1.54) is 19.8 Å². The van der Waals surface area contributed by atoms with Gasteiger partial charge in [-0.1, -0.05) is 12.1 Å². The van der Waals surface area contributed by atoms with Crippen LogP contribution in [0.2, 0.25) is 0 Å². The van der Waals surface area contributed by atoms with Gasteiger partial charge in [-0.15, -0.1) is 0 Å². The summed E-state index contributed by atoms with van der Waals surface area (Å²) in [5, 5.41) is 2.81. The van der Waals surface area contributed by atoms with E-state index < -0.39 is 0 Å². The van der Waals surface area contributed by atoms with E-state index in [4.69, 9.17) is 14.2 Å². The number of nitrogens with one attached hydrogen (secondary N) is 1. The summed E-state index contributed by atoms with van der Waals surface area (Å²) in [5.74, 6) is 1.20. The van der Waals surface area contributed by atoms with Gasteiger partial charge in [-0.25, -0.2) is 0 Å². The molecule has 5 nitrogen and oxygen atoms in total. The van der Waals surface area contributed by atoms with Crippen LogP contribution in [-0.4, -0.2) is 26.7 Å². The first-order valence-electron chi connectivity index (χ1n) is 7.26. The number of carbonyl (C=O) groups excluding carboxylic acids is 1. The van der Waals surface area contributed by atoms with E-state index >= 15 is 0 Å². The minimum absolute atomic E-state index is 0.135. The molecule has 0 saturated carbocycles. The summed E-state index contributed by atoms with van der Waals surface area (Å²) < 4.78 is 16.0. The summed E-state index contributed by atoms with van der Waals surface area (Å²) in [5.41, 5.74) is 3.04. The molecular formula is C18H21NO4. The van der Waals surface area contributed by atoms with Crippen LogP contribution < -0.4 is 19.5 Å². The standard InChI is InChI=1S/C18H21NO4/c1-12-8-9-14(10-13(12)2)19-17(20)11-23-18-15(21-3)6-5-7-16(18)22-4/h5-10H,11H2,1-4H3,(H,19,20). The van der Waals surface area contributed by atoms with Crippen molar-refractivity contribution in [2.45, 2.75) is 13.8 Å². The van der Waals surface area contributed by atoms with Crippen molar-refractivity contribution >= 4 is 11.6 Å². The molecule has 5 heteroatoms. The number of rotatable bonds is 6. The Morgan fingerprint density at radius 3 is 2.22 bits per heavy atom. The van der Waals surface area contributed by atoms with Crippen LogP contribution in [0.3, 0.4) is 0 Å². The summed E-state index contributed by atoms with van der Waals surface area (Å²) in [6, 6.07) is 11.0. The molecule has 2 rings (SSSR count). The van der Waals surface area contributed by atoms with Crippen molar-refractivity contribution in [3.05, 3.63) is 47.5 Å². The number of benzene rings is 2. The van der Waals surface area contributed by atoms with Crippen molar-refractivity contribution in [2.24, 2.45) is 0 Å². The Bertz CT molecular complexity index is 675. The highest BCUT2D eigenvalue weighted by molar-refractivity contribution is 5.92. The third-order valence-electron chi connectivity index (χ3n) is 3.52. The average molecular weight is 315 g/mol. The molecule has 0 fully saturated rings. The Kier molecular flexibility index (Phi) is 5.46. The number of ether oxygens (including phenoxy) is 3. The van der Waals surface area contributed by atoms with Gasteiger partial charge in [0.1, 0.15) is 0 Å². The highest BCUT2D eigenvalue weighted by Gasteiger charge is 2.13. The molecular weight excluding hydrogens is 294 g/mol. The molecule has 0 bridgehead atoms. The van der Waals surface area contributed by atoms with Gasteiger partial charge in [0, 0.05) is 5.69 Å². The lowest BCUT2D eigenvalue weighted by molar-refractivity contribution is -0.118. The lowest BCUT2D eigenvalue weighted by Gasteiger charge is -2.14. The third-order valence-corrected chi connectivity index (χ3v) is 3.52. The van der Waals surface area contributed by atoms with Crippen LogP contribution in [0, 0.1) is 13.8 Å². The molecule has 0 heterocycles. The fraction of sp³-hybridized carbons (Fsp3) is 0.278. The van der Waals surface area contributed by atoms with E-state index in [9.17, 15) is 4.79 Å². The number of hydrogen-bond donors (Lipinski definition) is 1. The molecule has 0 aliphatic rings. The first kappa shape index (κ1) is 16.7. The SMILES string of the molecule is COc1cccc(OC)c1OCC(=O)Nc1ccc(C)c(C)c1. The number of amides is 1. The first-order chi connectivity index (χ1) is 11.0. The zero-order valence-electron chi connectivity index (χ0n) is 13.8. The molecule has 1 N–H and O–H groups in total. The average Bonchev–Trinajstić information content (AvgIpc) is 2.55. The van der Waals surface area contributed by atoms with Gasteiger partial charge in [0.15, 0.2) is 18.1 Å². The van der Waals surface area contributed by atoms with Crippen molar-refractivity contribution < 1.29 is 19.0 Å². The van der Waals surface area contributed by atoms with Gasteiger partial charge in [-0.3, -0.25) is 4.79 Å². The molecule has 1 amide bonds. The van der Waals surface area contributed by atoms with Crippen LogP contribution in [0.25, 0.3) is 0 Å². The molecule has 0 unspecified atom stereocenters. The lowest BCUT2D eigenvalue weighted by atomic mass is 10.1. The second kappa shape index (κ2) is 7.54. The van der Waals surface area contributed by atoms with Gasteiger partial charge >= 0.3 is 0 Å². The minimum atomic E-state index is -0.249. The zero-order chi connectivity index (χ0) is 16.8. The number of anilines is 1. The van der Waals surface area contributed by atoms with E-state index in [0.717, 1.165) is 11.3 Å². The molecule has 0 aliphatic heterocycles. The second-order valence-corrected chi connectivity index (χ2v) is 5.13.